The van der Waals surface area contributed by atoms with Crippen molar-refractivity contribution in [3.63, 3.8) is 0 Å². The van der Waals surface area contributed by atoms with Crippen LogP contribution in [0.3, 0.4) is 0 Å². The van der Waals surface area contributed by atoms with Gasteiger partial charge in [-0.25, -0.2) is 0 Å². The summed E-state index contributed by atoms with van der Waals surface area (Å²) in [4.78, 5) is 13.2. The molecule has 0 unspecified atom stereocenters. The molecule has 0 N–H and O–H groups in total. The average Bonchev–Trinajstić information content (AvgIpc) is 2.60. The van der Waals surface area contributed by atoms with Gasteiger partial charge in [-0.05, 0) is 56.2 Å². The molecule has 1 saturated heterocycles. The highest BCUT2D eigenvalue weighted by atomic mass is 16.1. The molecule has 4 heteroatoms. The van der Waals surface area contributed by atoms with Crippen molar-refractivity contribution >= 4 is 12.1 Å². The van der Waals surface area contributed by atoms with Gasteiger partial charge in [0.05, 0.1) is 5.69 Å². The van der Waals surface area contributed by atoms with Crippen LogP contribution in [0.4, 0.5) is 5.82 Å². The first-order valence-electron chi connectivity index (χ1n) is 8.57. The van der Waals surface area contributed by atoms with Gasteiger partial charge in [-0.3, -0.25) is 0 Å². The van der Waals surface area contributed by atoms with Crippen LogP contribution in [-0.4, -0.2) is 29.6 Å². The summed E-state index contributed by atoms with van der Waals surface area (Å²) in [6.45, 7) is 6.07. The van der Waals surface area contributed by atoms with E-state index < -0.39 is 0 Å². The smallest absolute Gasteiger partial charge is 0.154 e. The highest BCUT2D eigenvalue weighted by Gasteiger charge is 2.22. The van der Waals surface area contributed by atoms with Crippen LogP contribution >= 0.6 is 0 Å². The Labute approximate surface area is 138 Å². The van der Waals surface area contributed by atoms with Crippen LogP contribution in [-0.2, 0) is 11.2 Å². The summed E-state index contributed by atoms with van der Waals surface area (Å²) in [5.41, 5.74) is 4.88. The maximum atomic E-state index is 10.9. The van der Waals surface area contributed by atoms with Crippen LogP contribution in [0.5, 0.6) is 0 Å². The molecule has 23 heavy (non-hydrogen) atoms. The molecule has 0 saturated carbocycles. The molecule has 0 spiro atoms. The zero-order valence-electron chi connectivity index (χ0n) is 14.1. The summed E-state index contributed by atoms with van der Waals surface area (Å²) in [6.07, 6.45) is 12.8. The minimum Gasteiger partial charge on any atom is -0.355 e. The molecule has 4 nitrogen and oxygen atoms in total. The van der Waals surface area contributed by atoms with Crippen molar-refractivity contribution in [1.29, 1.82) is 0 Å². The van der Waals surface area contributed by atoms with Crippen molar-refractivity contribution in [2.75, 3.05) is 18.0 Å². The van der Waals surface area contributed by atoms with E-state index in [1.54, 1.807) is 0 Å². The standard InChI is InChI=1S/C19H25N3O/c1-14-15(2)19(22-10-8-17(13-23)9-11-22)21-20-18(14)12-16-6-4-3-5-7-16/h4,6-7,13,17H,3,5,8-12H2,1-2H3. The Morgan fingerprint density at radius 2 is 1.96 bits per heavy atom. The molecule has 122 valence electrons. The number of hydrogen-bond acceptors (Lipinski definition) is 4. The molecule has 2 aliphatic rings. The van der Waals surface area contributed by atoms with Crippen molar-refractivity contribution in [1.82, 2.24) is 10.2 Å². The van der Waals surface area contributed by atoms with E-state index in [4.69, 9.17) is 0 Å². The minimum absolute atomic E-state index is 0.213. The normalized spacial score (nSPS) is 18.9. The van der Waals surface area contributed by atoms with E-state index in [0.717, 1.165) is 63.0 Å². The Balaban J connectivity index is 1.76. The summed E-state index contributed by atoms with van der Waals surface area (Å²) >= 11 is 0. The lowest BCUT2D eigenvalue weighted by Crippen LogP contribution is -2.35. The van der Waals surface area contributed by atoms with Crippen molar-refractivity contribution in [2.24, 2.45) is 5.92 Å². The summed E-state index contributed by atoms with van der Waals surface area (Å²) in [6, 6.07) is 0. The van der Waals surface area contributed by atoms with Gasteiger partial charge in [-0.15, -0.1) is 5.10 Å². The third-order valence-electron chi connectivity index (χ3n) is 5.07. The molecule has 0 aromatic carbocycles. The molecule has 1 aromatic rings. The van der Waals surface area contributed by atoms with E-state index in [0.29, 0.717) is 0 Å². The third kappa shape index (κ3) is 3.52. The quantitative estimate of drug-likeness (QED) is 0.800. The average molecular weight is 311 g/mol. The number of aromatic nitrogens is 2. The van der Waals surface area contributed by atoms with Crippen LogP contribution in [0.25, 0.3) is 0 Å². The van der Waals surface area contributed by atoms with E-state index in [2.05, 4.69) is 47.2 Å². The van der Waals surface area contributed by atoms with Crippen LogP contribution in [0.2, 0.25) is 0 Å². The van der Waals surface area contributed by atoms with E-state index in [1.165, 1.54) is 16.7 Å². The minimum atomic E-state index is 0.213. The maximum Gasteiger partial charge on any atom is 0.154 e. The summed E-state index contributed by atoms with van der Waals surface area (Å²) in [7, 11) is 0. The van der Waals surface area contributed by atoms with Gasteiger partial charge in [-0.2, -0.15) is 5.10 Å². The molecule has 0 radical (unpaired) electrons. The first kappa shape index (κ1) is 15.9. The fraction of sp³-hybridized carbons (Fsp3) is 0.526. The molecule has 1 aromatic heterocycles. The van der Waals surface area contributed by atoms with Gasteiger partial charge in [0.1, 0.15) is 6.29 Å². The third-order valence-corrected chi connectivity index (χ3v) is 5.07. The number of nitrogens with zero attached hydrogens (tertiary/aromatic N) is 3. The second kappa shape index (κ2) is 7.07. The second-order valence-electron chi connectivity index (χ2n) is 6.62. The van der Waals surface area contributed by atoms with Crippen molar-refractivity contribution in [2.45, 2.75) is 46.0 Å². The zero-order valence-corrected chi connectivity index (χ0v) is 14.1. The Morgan fingerprint density at radius 1 is 1.17 bits per heavy atom. The predicted molar refractivity (Wildman–Crippen MR) is 92.7 cm³/mol. The number of hydrogen-bond donors (Lipinski definition) is 0. The van der Waals surface area contributed by atoms with Gasteiger partial charge < -0.3 is 9.69 Å². The van der Waals surface area contributed by atoms with Crippen molar-refractivity contribution < 1.29 is 4.79 Å². The molecule has 0 bridgehead atoms. The number of piperidine rings is 1. The summed E-state index contributed by atoms with van der Waals surface area (Å²) in [5.74, 6) is 1.20. The summed E-state index contributed by atoms with van der Waals surface area (Å²) in [5, 5.41) is 9.03. The molecular weight excluding hydrogens is 286 g/mol. The van der Waals surface area contributed by atoms with Gasteiger partial charge in [0.15, 0.2) is 5.82 Å². The number of aldehydes is 1. The number of carbonyl (C=O) groups excluding carboxylic acids is 1. The van der Waals surface area contributed by atoms with Gasteiger partial charge in [-0.1, -0.05) is 18.2 Å². The first-order chi connectivity index (χ1) is 11.2. The van der Waals surface area contributed by atoms with E-state index in [1.807, 2.05) is 0 Å². The van der Waals surface area contributed by atoms with Crippen LogP contribution in [0, 0.1) is 19.8 Å². The number of anilines is 1. The largest absolute Gasteiger partial charge is 0.355 e. The fourth-order valence-corrected chi connectivity index (χ4v) is 3.35. The zero-order chi connectivity index (χ0) is 16.2. The van der Waals surface area contributed by atoms with Crippen molar-refractivity contribution in [3.8, 4) is 0 Å². The Kier molecular flexibility index (Phi) is 4.89. The van der Waals surface area contributed by atoms with E-state index in [-0.39, 0.29) is 5.92 Å². The van der Waals surface area contributed by atoms with E-state index in [9.17, 15) is 4.79 Å². The SMILES string of the molecule is Cc1c(CC2=CCCC=C2)nnc(N2CCC(C=O)CC2)c1C. The topological polar surface area (TPSA) is 46.1 Å². The molecule has 1 fully saturated rings. The van der Waals surface area contributed by atoms with Crippen LogP contribution in [0.15, 0.2) is 23.8 Å². The second-order valence-corrected chi connectivity index (χ2v) is 6.62. The molecule has 3 rings (SSSR count). The van der Waals surface area contributed by atoms with Crippen molar-refractivity contribution in [3.05, 3.63) is 40.6 Å². The van der Waals surface area contributed by atoms with Gasteiger partial charge in [0.25, 0.3) is 0 Å². The number of rotatable bonds is 4. The monoisotopic (exact) mass is 311 g/mol. The Hall–Kier alpha value is -1.97. The number of allylic oxidation sites excluding steroid dienone is 4. The number of carbonyl (C=O) groups is 1. The Morgan fingerprint density at radius 3 is 2.61 bits per heavy atom. The molecule has 0 atom stereocenters. The predicted octanol–water partition coefficient (Wildman–Crippen LogP) is 3.33. The fourth-order valence-electron chi connectivity index (χ4n) is 3.35. The molecule has 0 amide bonds. The molecule has 1 aliphatic carbocycles. The highest BCUT2D eigenvalue weighted by Crippen LogP contribution is 2.27. The maximum absolute atomic E-state index is 10.9. The summed E-state index contributed by atoms with van der Waals surface area (Å²) < 4.78 is 0. The highest BCUT2D eigenvalue weighted by molar-refractivity contribution is 5.56. The Bertz CT molecular complexity index is 640. The lowest BCUT2D eigenvalue weighted by atomic mass is 9.97. The van der Waals surface area contributed by atoms with Crippen LogP contribution in [0.1, 0.15) is 42.5 Å². The lowest BCUT2D eigenvalue weighted by Gasteiger charge is -2.31. The first-order valence-corrected chi connectivity index (χ1v) is 8.57. The lowest BCUT2D eigenvalue weighted by molar-refractivity contribution is -0.111. The van der Waals surface area contributed by atoms with Gasteiger partial charge in [0.2, 0.25) is 0 Å². The molecule has 1 aliphatic heterocycles. The van der Waals surface area contributed by atoms with Gasteiger partial charge >= 0.3 is 0 Å². The van der Waals surface area contributed by atoms with Gasteiger partial charge in [0, 0.05) is 25.4 Å². The molecule has 2 heterocycles. The molecular formula is C19H25N3O. The van der Waals surface area contributed by atoms with E-state index >= 15 is 0 Å². The van der Waals surface area contributed by atoms with Crippen LogP contribution < -0.4 is 4.90 Å².